The first-order chi connectivity index (χ1) is 13.6. The molecule has 142 valence electrons. The summed E-state index contributed by atoms with van der Waals surface area (Å²) in [5.41, 5.74) is 0.609. The van der Waals surface area contributed by atoms with Crippen molar-refractivity contribution in [3.8, 4) is 5.75 Å². The largest absolute Gasteiger partial charge is 0.497 e. The van der Waals surface area contributed by atoms with E-state index in [1.54, 1.807) is 55.6 Å². The highest BCUT2D eigenvalue weighted by atomic mass is 16.5. The van der Waals surface area contributed by atoms with Crippen molar-refractivity contribution < 1.29 is 14.3 Å². The molecule has 1 aliphatic rings. The van der Waals surface area contributed by atoms with E-state index in [9.17, 15) is 14.4 Å². The van der Waals surface area contributed by atoms with E-state index in [0.29, 0.717) is 22.9 Å². The van der Waals surface area contributed by atoms with E-state index in [1.807, 2.05) is 6.07 Å². The number of para-hydroxylation sites is 1. The van der Waals surface area contributed by atoms with Crippen LogP contribution in [0.25, 0.3) is 0 Å². The third-order valence-corrected chi connectivity index (χ3v) is 4.36. The molecular formula is C19H17N5O4. The summed E-state index contributed by atoms with van der Waals surface area (Å²) in [4.78, 5) is 38.8. The fraction of sp³-hybridized carbons (Fsp3) is 0.158. The second-order valence-corrected chi connectivity index (χ2v) is 6.17. The third-order valence-electron chi connectivity index (χ3n) is 4.36. The van der Waals surface area contributed by atoms with Crippen LogP contribution in [0.15, 0.2) is 59.4 Å². The van der Waals surface area contributed by atoms with Crippen molar-refractivity contribution in [1.82, 2.24) is 14.3 Å². The standard InChI is InChI=1S/C19H17N5O4/c1-28-15-9-7-14(8-10-15)22-11-16-21-23(19(27)24(16)18(22)26)12-17(25)20-13-5-3-2-4-6-13/h2-10H,11-12H2,1H3,(H,20,25). The first kappa shape index (κ1) is 17.5. The normalized spacial score (nSPS) is 12.8. The zero-order valence-corrected chi connectivity index (χ0v) is 15.0. The average molecular weight is 379 g/mol. The van der Waals surface area contributed by atoms with Crippen LogP contribution in [0.3, 0.4) is 0 Å². The number of hydrogen-bond donors (Lipinski definition) is 1. The molecule has 1 N–H and O–H groups in total. The molecule has 9 nitrogen and oxygen atoms in total. The number of carbonyl (C=O) groups excluding carboxylic acids is 2. The minimum absolute atomic E-state index is 0.147. The highest BCUT2D eigenvalue weighted by molar-refractivity contribution is 5.96. The number of amides is 2. The number of hydrogen-bond acceptors (Lipinski definition) is 5. The molecule has 0 radical (unpaired) electrons. The number of anilines is 2. The Morgan fingerprint density at radius 3 is 2.46 bits per heavy atom. The fourth-order valence-corrected chi connectivity index (χ4v) is 3.00. The van der Waals surface area contributed by atoms with Gasteiger partial charge in [0.05, 0.1) is 13.7 Å². The monoisotopic (exact) mass is 379 g/mol. The average Bonchev–Trinajstić information content (AvgIpc) is 3.19. The Kier molecular flexibility index (Phi) is 4.40. The van der Waals surface area contributed by atoms with Gasteiger partial charge in [0, 0.05) is 11.4 Å². The minimum Gasteiger partial charge on any atom is -0.497 e. The lowest BCUT2D eigenvalue weighted by molar-refractivity contribution is -0.117. The summed E-state index contributed by atoms with van der Waals surface area (Å²) in [6.07, 6.45) is 0. The number of carbonyl (C=O) groups is 2. The first-order valence-electron chi connectivity index (χ1n) is 8.56. The van der Waals surface area contributed by atoms with Gasteiger partial charge in [0.1, 0.15) is 12.3 Å². The van der Waals surface area contributed by atoms with E-state index in [0.717, 1.165) is 9.25 Å². The molecule has 0 saturated carbocycles. The molecule has 2 heterocycles. The first-order valence-corrected chi connectivity index (χ1v) is 8.56. The number of benzene rings is 2. The maximum atomic E-state index is 12.7. The van der Waals surface area contributed by atoms with E-state index < -0.39 is 17.6 Å². The summed E-state index contributed by atoms with van der Waals surface area (Å²) >= 11 is 0. The lowest BCUT2D eigenvalue weighted by Crippen LogP contribution is -2.36. The van der Waals surface area contributed by atoms with Crippen molar-refractivity contribution in [1.29, 1.82) is 0 Å². The summed E-state index contributed by atoms with van der Waals surface area (Å²) in [7, 11) is 1.56. The van der Waals surface area contributed by atoms with Gasteiger partial charge in [-0.1, -0.05) is 18.2 Å². The minimum atomic E-state index is -0.640. The number of fused-ring (bicyclic) bond motifs is 1. The fourth-order valence-electron chi connectivity index (χ4n) is 3.00. The van der Waals surface area contributed by atoms with Crippen LogP contribution in [0.5, 0.6) is 5.75 Å². The Bertz CT molecular complexity index is 1090. The number of nitrogens with one attached hydrogen (secondary N) is 1. The van der Waals surface area contributed by atoms with E-state index in [4.69, 9.17) is 4.74 Å². The smallest absolute Gasteiger partial charge is 0.354 e. The molecule has 4 rings (SSSR count). The van der Waals surface area contributed by atoms with Crippen LogP contribution >= 0.6 is 0 Å². The van der Waals surface area contributed by atoms with Gasteiger partial charge in [0.25, 0.3) is 0 Å². The van der Waals surface area contributed by atoms with Crippen LogP contribution in [0.4, 0.5) is 16.2 Å². The van der Waals surface area contributed by atoms with Gasteiger partial charge >= 0.3 is 11.7 Å². The number of methoxy groups -OCH3 is 1. The lowest BCUT2D eigenvalue weighted by Gasteiger charge is -2.15. The summed E-state index contributed by atoms with van der Waals surface area (Å²) in [5, 5.41) is 6.83. The zero-order valence-electron chi connectivity index (χ0n) is 15.0. The van der Waals surface area contributed by atoms with Crippen LogP contribution in [-0.4, -0.2) is 33.4 Å². The molecule has 0 unspecified atom stereocenters. The van der Waals surface area contributed by atoms with Gasteiger partial charge in [-0.05, 0) is 36.4 Å². The number of ether oxygens (including phenoxy) is 1. The van der Waals surface area contributed by atoms with Crippen LogP contribution in [0.2, 0.25) is 0 Å². The molecule has 28 heavy (non-hydrogen) atoms. The van der Waals surface area contributed by atoms with Gasteiger partial charge < -0.3 is 10.1 Å². The summed E-state index contributed by atoms with van der Waals surface area (Å²) in [6.45, 7) is -0.128. The molecule has 3 aromatic rings. The van der Waals surface area contributed by atoms with Gasteiger partial charge in [-0.15, -0.1) is 0 Å². The van der Waals surface area contributed by atoms with E-state index in [1.165, 1.54) is 4.90 Å². The number of rotatable bonds is 5. The molecule has 0 saturated heterocycles. The van der Waals surface area contributed by atoms with Crippen LogP contribution in [-0.2, 0) is 17.9 Å². The molecule has 9 heteroatoms. The van der Waals surface area contributed by atoms with Crippen molar-refractivity contribution in [3.63, 3.8) is 0 Å². The highest BCUT2D eigenvalue weighted by Crippen LogP contribution is 2.24. The molecule has 0 bridgehead atoms. The van der Waals surface area contributed by atoms with Gasteiger partial charge in [0.2, 0.25) is 5.91 Å². The quantitative estimate of drug-likeness (QED) is 0.727. The van der Waals surface area contributed by atoms with Crippen molar-refractivity contribution in [3.05, 3.63) is 70.9 Å². The van der Waals surface area contributed by atoms with Crippen LogP contribution in [0.1, 0.15) is 5.82 Å². The molecule has 1 aliphatic heterocycles. The second-order valence-electron chi connectivity index (χ2n) is 6.17. The van der Waals surface area contributed by atoms with Gasteiger partial charge in [-0.3, -0.25) is 9.69 Å². The van der Waals surface area contributed by atoms with E-state index >= 15 is 0 Å². The summed E-state index contributed by atoms with van der Waals surface area (Å²) in [6, 6.07) is 15.3. The second kappa shape index (κ2) is 7.03. The molecule has 0 aliphatic carbocycles. The van der Waals surface area contributed by atoms with Crippen molar-refractivity contribution in [2.24, 2.45) is 0 Å². The summed E-state index contributed by atoms with van der Waals surface area (Å²) < 4.78 is 7.09. The SMILES string of the molecule is COc1ccc(N2Cc3nn(CC(=O)Nc4ccccc4)c(=O)n3C2=O)cc1. The molecular weight excluding hydrogens is 362 g/mol. The van der Waals surface area contributed by atoms with E-state index in [2.05, 4.69) is 10.4 Å². The molecule has 0 fully saturated rings. The molecule has 0 atom stereocenters. The number of nitrogens with zero attached hydrogens (tertiary/aromatic N) is 4. The van der Waals surface area contributed by atoms with Crippen molar-refractivity contribution in [2.45, 2.75) is 13.1 Å². The van der Waals surface area contributed by atoms with Crippen LogP contribution < -0.4 is 20.6 Å². The Morgan fingerprint density at radius 1 is 1.11 bits per heavy atom. The van der Waals surface area contributed by atoms with Gasteiger partial charge in [-0.2, -0.15) is 9.67 Å². The maximum Gasteiger partial charge on any atom is 0.354 e. The predicted octanol–water partition coefficient (Wildman–Crippen LogP) is 1.68. The summed E-state index contributed by atoms with van der Waals surface area (Å²) in [5.74, 6) is 0.558. The molecule has 0 spiro atoms. The Labute approximate surface area is 159 Å². The van der Waals surface area contributed by atoms with E-state index in [-0.39, 0.29) is 13.1 Å². The Balaban J connectivity index is 1.51. The van der Waals surface area contributed by atoms with Crippen molar-refractivity contribution >= 4 is 23.3 Å². The van der Waals surface area contributed by atoms with Gasteiger partial charge in [0.15, 0.2) is 5.82 Å². The van der Waals surface area contributed by atoms with Crippen molar-refractivity contribution in [2.75, 3.05) is 17.3 Å². The maximum absolute atomic E-state index is 12.7. The Hall–Kier alpha value is -3.88. The van der Waals surface area contributed by atoms with Crippen LogP contribution in [0, 0.1) is 0 Å². The lowest BCUT2D eigenvalue weighted by atomic mass is 10.3. The predicted molar refractivity (Wildman–Crippen MR) is 102 cm³/mol. The van der Waals surface area contributed by atoms with Gasteiger partial charge in [-0.25, -0.2) is 14.3 Å². The zero-order chi connectivity index (χ0) is 19.7. The number of aromatic nitrogens is 3. The molecule has 2 aromatic carbocycles. The Morgan fingerprint density at radius 2 is 1.82 bits per heavy atom. The topological polar surface area (TPSA) is 98.5 Å². The molecule has 1 aromatic heterocycles. The highest BCUT2D eigenvalue weighted by Gasteiger charge is 2.33. The third kappa shape index (κ3) is 3.13. The molecule has 2 amide bonds.